The Balaban J connectivity index is 1.36. The number of ether oxygens (including phenoxy) is 3. The summed E-state index contributed by atoms with van der Waals surface area (Å²) in [5.41, 5.74) is 0.915. The fraction of sp³-hybridized carbons (Fsp3) is 0.533. The van der Waals surface area contributed by atoms with Crippen LogP contribution < -0.4 is 9.47 Å². The Hall–Kier alpha value is -2.82. The number of rotatable bonds is 14. The van der Waals surface area contributed by atoms with Gasteiger partial charge in [0.2, 0.25) is 0 Å². The summed E-state index contributed by atoms with van der Waals surface area (Å²) in [6, 6.07) is 13.5. The quantitative estimate of drug-likeness (QED) is 0.156. The Labute approximate surface area is 210 Å². The van der Waals surface area contributed by atoms with Crippen LogP contribution in [0, 0.1) is 0 Å². The first-order chi connectivity index (χ1) is 17.2. The Morgan fingerprint density at radius 2 is 1.23 bits per heavy atom. The largest absolute Gasteiger partial charge is 0.494 e. The van der Waals surface area contributed by atoms with Crippen molar-refractivity contribution in [1.29, 1.82) is 0 Å². The van der Waals surface area contributed by atoms with Crippen molar-refractivity contribution in [2.24, 2.45) is 0 Å². The number of carbonyl (C=O) groups is 2. The number of benzene rings is 2. The topological polar surface area (TPSA) is 61.8 Å². The molecule has 0 aliphatic heterocycles. The van der Waals surface area contributed by atoms with Crippen LogP contribution in [-0.2, 0) is 4.74 Å². The van der Waals surface area contributed by atoms with E-state index >= 15 is 0 Å². The lowest BCUT2D eigenvalue weighted by Gasteiger charge is -2.21. The van der Waals surface area contributed by atoms with Crippen LogP contribution in [0.25, 0.3) is 0 Å². The van der Waals surface area contributed by atoms with E-state index in [-0.39, 0.29) is 12.1 Å². The van der Waals surface area contributed by atoms with Gasteiger partial charge in [-0.3, -0.25) is 0 Å². The smallest absolute Gasteiger partial charge is 0.343 e. The third-order valence-electron chi connectivity index (χ3n) is 6.48. The van der Waals surface area contributed by atoms with E-state index in [4.69, 9.17) is 14.2 Å². The van der Waals surface area contributed by atoms with E-state index in [0.29, 0.717) is 23.5 Å². The number of hydrogen-bond donors (Lipinski definition) is 0. The fourth-order valence-electron chi connectivity index (χ4n) is 4.34. The van der Waals surface area contributed by atoms with E-state index in [1.165, 1.54) is 51.4 Å². The second-order valence-electron chi connectivity index (χ2n) is 9.43. The molecule has 0 heterocycles. The summed E-state index contributed by atoms with van der Waals surface area (Å²) in [5.74, 6) is 0.374. The van der Waals surface area contributed by atoms with Crippen LogP contribution in [0.3, 0.4) is 0 Å². The zero-order valence-corrected chi connectivity index (χ0v) is 21.1. The van der Waals surface area contributed by atoms with Gasteiger partial charge in [0.25, 0.3) is 0 Å². The SMILES string of the molecule is CCCCCCCCCCOc1ccc(C(=O)Oc2ccc(C(=O)OC3CCCCC3)cc2)cc1. The predicted molar refractivity (Wildman–Crippen MR) is 138 cm³/mol. The molecule has 1 aliphatic carbocycles. The van der Waals surface area contributed by atoms with Gasteiger partial charge in [0.1, 0.15) is 17.6 Å². The lowest BCUT2D eigenvalue weighted by atomic mass is 9.98. The van der Waals surface area contributed by atoms with Gasteiger partial charge < -0.3 is 14.2 Å². The van der Waals surface area contributed by atoms with Crippen molar-refractivity contribution in [2.45, 2.75) is 96.5 Å². The van der Waals surface area contributed by atoms with Gasteiger partial charge in [0.15, 0.2) is 0 Å². The van der Waals surface area contributed by atoms with E-state index in [9.17, 15) is 9.59 Å². The molecule has 0 amide bonds. The van der Waals surface area contributed by atoms with Crippen molar-refractivity contribution in [3.63, 3.8) is 0 Å². The molecular formula is C30H40O5. The lowest BCUT2D eigenvalue weighted by molar-refractivity contribution is 0.0211. The summed E-state index contributed by atoms with van der Waals surface area (Å²) in [6.07, 6.45) is 15.4. The van der Waals surface area contributed by atoms with Crippen molar-refractivity contribution < 1.29 is 23.8 Å². The maximum atomic E-state index is 12.5. The number of unbranched alkanes of at least 4 members (excludes halogenated alkanes) is 7. The summed E-state index contributed by atoms with van der Waals surface area (Å²) in [7, 11) is 0. The highest BCUT2D eigenvalue weighted by atomic mass is 16.5. The van der Waals surface area contributed by atoms with E-state index in [1.807, 2.05) is 0 Å². The third kappa shape index (κ3) is 9.75. The Morgan fingerprint density at radius 3 is 1.86 bits per heavy atom. The molecule has 0 radical (unpaired) electrons. The minimum Gasteiger partial charge on any atom is -0.494 e. The van der Waals surface area contributed by atoms with Crippen LogP contribution in [0.1, 0.15) is 111 Å². The number of hydrogen-bond acceptors (Lipinski definition) is 5. The maximum Gasteiger partial charge on any atom is 0.343 e. The highest BCUT2D eigenvalue weighted by Gasteiger charge is 2.19. The molecule has 190 valence electrons. The molecule has 1 saturated carbocycles. The van der Waals surface area contributed by atoms with Crippen molar-refractivity contribution >= 4 is 11.9 Å². The molecule has 1 fully saturated rings. The molecule has 5 heteroatoms. The van der Waals surface area contributed by atoms with Crippen molar-refractivity contribution in [2.75, 3.05) is 6.61 Å². The Morgan fingerprint density at radius 1 is 0.686 bits per heavy atom. The van der Waals surface area contributed by atoms with Crippen LogP contribution >= 0.6 is 0 Å². The van der Waals surface area contributed by atoms with Crippen LogP contribution in [-0.4, -0.2) is 24.6 Å². The van der Waals surface area contributed by atoms with Crippen LogP contribution in [0.5, 0.6) is 11.5 Å². The van der Waals surface area contributed by atoms with E-state index in [1.54, 1.807) is 48.5 Å². The fourth-order valence-corrected chi connectivity index (χ4v) is 4.34. The van der Waals surface area contributed by atoms with Gasteiger partial charge in [-0.1, -0.05) is 58.3 Å². The minimum absolute atomic E-state index is 0.0148. The number of carbonyl (C=O) groups excluding carboxylic acids is 2. The van der Waals surface area contributed by atoms with Crippen molar-refractivity contribution in [3.05, 3.63) is 59.7 Å². The second-order valence-corrected chi connectivity index (χ2v) is 9.43. The van der Waals surface area contributed by atoms with E-state index in [2.05, 4.69) is 6.92 Å². The summed E-state index contributed by atoms with van der Waals surface area (Å²) in [5, 5.41) is 0. The van der Waals surface area contributed by atoms with Gasteiger partial charge >= 0.3 is 11.9 Å². The molecule has 2 aromatic carbocycles. The lowest BCUT2D eigenvalue weighted by Crippen LogP contribution is -2.20. The predicted octanol–water partition coefficient (Wildman–Crippen LogP) is 7.91. The van der Waals surface area contributed by atoms with Gasteiger partial charge in [0.05, 0.1) is 17.7 Å². The van der Waals surface area contributed by atoms with Crippen molar-refractivity contribution in [3.8, 4) is 11.5 Å². The van der Waals surface area contributed by atoms with Crippen LogP contribution in [0.15, 0.2) is 48.5 Å². The highest BCUT2D eigenvalue weighted by molar-refractivity contribution is 5.92. The molecular weight excluding hydrogens is 440 g/mol. The van der Waals surface area contributed by atoms with Crippen LogP contribution in [0.2, 0.25) is 0 Å². The average Bonchev–Trinajstić information content (AvgIpc) is 2.89. The summed E-state index contributed by atoms with van der Waals surface area (Å²) < 4.78 is 16.8. The van der Waals surface area contributed by atoms with Crippen molar-refractivity contribution in [1.82, 2.24) is 0 Å². The molecule has 0 N–H and O–H groups in total. The molecule has 0 aromatic heterocycles. The molecule has 0 bridgehead atoms. The average molecular weight is 481 g/mol. The highest BCUT2D eigenvalue weighted by Crippen LogP contribution is 2.22. The summed E-state index contributed by atoms with van der Waals surface area (Å²) in [6.45, 7) is 2.93. The molecule has 5 nitrogen and oxygen atoms in total. The minimum atomic E-state index is -0.447. The molecule has 2 aromatic rings. The summed E-state index contributed by atoms with van der Waals surface area (Å²) in [4.78, 5) is 24.8. The third-order valence-corrected chi connectivity index (χ3v) is 6.48. The summed E-state index contributed by atoms with van der Waals surface area (Å²) >= 11 is 0. The first-order valence-corrected chi connectivity index (χ1v) is 13.4. The number of esters is 2. The monoisotopic (exact) mass is 480 g/mol. The standard InChI is InChI=1S/C30H40O5/c1-2-3-4-5-6-7-8-12-23-33-26-19-15-24(16-20-26)30(32)35-28-21-17-25(18-22-28)29(31)34-27-13-10-9-11-14-27/h15-22,27H,2-14,23H2,1H3. The molecule has 0 unspecified atom stereocenters. The van der Waals surface area contributed by atoms with E-state index in [0.717, 1.165) is 37.9 Å². The molecule has 0 saturated heterocycles. The first-order valence-electron chi connectivity index (χ1n) is 13.4. The molecule has 35 heavy (non-hydrogen) atoms. The van der Waals surface area contributed by atoms with Gasteiger partial charge in [-0.05, 0) is 80.6 Å². The zero-order chi connectivity index (χ0) is 24.7. The van der Waals surface area contributed by atoms with Crippen LogP contribution in [0.4, 0.5) is 0 Å². The molecule has 0 spiro atoms. The zero-order valence-electron chi connectivity index (χ0n) is 21.1. The normalized spacial score (nSPS) is 13.9. The molecule has 0 atom stereocenters. The van der Waals surface area contributed by atoms with Gasteiger partial charge in [-0.2, -0.15) is 0 Å². The van der Waals surface area contributed by atoms with Gasteiger partial charge in [-0.25, -0.2) is 9.59 Å². The first kappa shape index (κ1) is 26.8. The Kier molecular flexibility index (Phi) is 11.7. The van der Waals surface area contributed by atoms with Gasteiger partial charge in [0, 0.05) is 0 Å². The second kappa shape index (κ2) is 15.2. The molecule has 1 aliphatic rings. The van der Waals surface area contributed by atoms with E-state index < -0.39 is 5.97 Å². The molecule has 3 rings (SSSR count). The van der Waals surface area contributed by atoms with Gasteiger partial charge in [-0.15, -0.1) is 0 Å². The Bertz CT molecular complexity index is 882. The maximum absolute atomic E-state index is 12.5.